The fourth-order valence-corrected chi connectivity index (χ4v) is 1.87. The fourth-order valence-electron chi connectivity index (χ4n) is 1.72. The second-order valence-electron chi connectivity index (χ2n) is 3.39. The van der Waals surface area contributed by atoms with Gasteiger partial charge in [-0.1, -0.05) is 0 Å². The molecular weight excluding hydrogens is 156 g/mol. The van der Waals surface area contributed by atoms with E-state index in [9.17, 15) is 0 Å². The fraction of sp³-hybridized carbons (Fsp3) is 0.875. The zero-order valence-corrected chi connectivity index (χ0v) is 7.31. The number of rotatable bonds is 2. The maximum Gasteiger partial charge on any atom is 0.0741 e. The van der Waals surface area contributed by atoms with Gasteiger partial charge in [0.25, 0.3) is 0 Å². The molecule has 0 bridgehead atoms. The first-order chi connectivity index (χ1) is 5.40. The van der Waals surface area contributed by atoms with E-state index in [2.05, 4.69) is 27.3 Å². The lowest BCUT2D eigenvalue weighted by Gasteiger charge is -2.12. The van der Waals surface area contributed by atoms with Crippen LogP contribution in [0.25, 0.3) is 0 Å². The Bertz CT molecular complexity index is 194. The molecule has 1 saturated heterocycles. The minimum atomic E-state index is 0.452. The molecule has 0 aromatic carbocycles. The van der Waals surface area contributed by atoms with E-state index >= 15 is 0 Å². The molecule has 2 nitrogen and oxygen atoms in total. The molecule has 2 rings (SSSR count). The van der Waals surface area contributed by atoms with Crippen molar-refractivity contribution in [2.45, 2.75) is 31.3 Å². The summed E-state index contributed by atoms with van der Waals surface area (Å²) >= 11 is 4.57. The van der Waals surface area contributed by atoms with Crippen LogP contribution >= 0.6 is 12.2 Å². The zero-order chi connectivity index (χ0) is 7.68. The van der Waals surface area contributed by atoms with Crippen molar-refractivity contribution in [2.75, 3.05) is 13.1 Å². The molecule has 0 radical (unpaired) electrons. The number of hydrogen-bond donors (Lipinski definition) is 0. The number of likely N-dealkylation sites (tertiary alicyclic amines) is 1. The molecule has 0 spiro atoms. The van der Waals surface area contributed by atoms with E-state index in [4.69, 9.17) is 0 Å². The highest BCUT2D eigenvalue weighted by molar-refractivity contribution is 7.78. The van der Waals surface area contributed by atoms with Crippen molar-refractivity contribution in [3.8, 4) is 0 Å². The summed E-state index contributed by atoms with van der Waals surface area (Å²) in [6.45, 7) is 2.34. The van der Waals surface area contributed by atoms with Gasteiger partial charge < -0.3 is 0 Å². The SMILES string of the molecule is S=C=NC1CCN(C2CC2)C1. The summed E-state index contributed by atoms with van der Waals surface area (Å²) in [6.07, 6.45) is 3.97. The van der Waals surface area contributed by atoms with Crippen molar-refractivity contribution in [3.05, 3.63) is 0 Å². The second-order valence-corrected chi connectivity index (χ2v) is 3.57. The minimum Gasteiger partial charge on any atom is -0.298 e. The van der Waals surface area contributed by atoms with Crippen LogP contribution in [0.5, 0.6) is 0 Å². The summed E-state index contributed by atoms with van der Waals surface area (Å²) in [5.41, 5.74) is 0. The Morgan fingerprint density at radius 2 is 2.18 bits per heavy atom. The van der Waals surface area contributed by atoms with E-state index in [0.717, 1.165) is 12.6 Å². The summed E-state index contributed by atoms with van der Waals surface area (Å²) in [5.74, 6) is 0. The van der Waals surface area contributed by atoms with Gasteiger partial charge in [0.1, 0.15) is 0 Å². The molecule has 1 unspecified atom stereocenters. The van der Waals surface area contributed by atoms with Gasteiger partial charge in [-0.15, -0.1) is 0 Å². The van der Waals surface area contributed by atoms with Crippen LogP contribution in [0.2, 0.25) is 0 Å². The average molecular weight is 168 g/mol. The number of hydrogen-bond acceptors (Lipinski definition) is 3. The Hall–Kier alpha value is -0.240. The molecule has 0 amide bonds. The van der Waals surface area contributed by atoms with Gasteiger partial charge in [0.15, 0.2) is 0 Å². The maximum absolute atomic E-state index is 4.57. The smallest absolute Gasteiger partial charge is 0.0741 e. The van der Waals surface area contributed by atoms with Crippen LogP contribution in [0.3, 0.4) is 0 Å². The summed E-state index contributed by atoms with van der Waals surface area (Å²) in [4.78, 5) is 6.64. The van der Waals surface area contributed by atoms with Gasteiger partial charge in [-0.25, -0.2) is 4.99 Å². The topological polar surface area (TPSA) is 15.6 Å². The molecular formula is C8H12N2S. The van der Waals surface area contributed by atoms with E-state index in [1.54, 1.807) is 0 Å². The number of isothiocyanates is 1. The third kappa shape index (κ3) is 1.67. The second kappa shape index (κ2) is 3.02. The van der Waals surface area contributed by atoms with E-state index in [1.165, 1.54) is 25.8 Å². The molecule has 2 fully saturated rings. The highest BCUT2D eigenvalue weighted by Gasteiger charge is 2.33. The van der Waals surface area contributed by atoms with Gasteiger partial charge in [-0.05, 0) is 31.5 Å². The van der Waals surface area contributed by atoms with Crippen molar-refractivity contribution < 1.29 is 0 Å². The molecule has 1 heterocycles. The van der Waals surface area contributed by atoms with E-state index in [1.807, 2.05) is 0 Å². The summed E-state index contributed by atoms with van der Waals surface area (Å²) in [7, 11) is 0. The largest absolute Gasteiger partial charge is 0.298 e. The quantitative estimate of drug-likeness (QED) is 0.456. The lowest BCUT2D eigenvalue weighted by Crippen LogP contribution is -2.23. The zero-order valence-electron chi connectivity index (χ0n) is 6.49. The molecule has 1 aliphatic heterocycles. The Morgan fingerprint density at radius 3 is 2.82 bits per heavy atom. The number of thiocarbonyl (C=S) groups is 1. The molecule has 60 valence electrons. The Labute approximate surface area is 72.3 Å². The normalized spacial score (nSPS) is 31.8. The standard InChI is InChI=1S/C8H12N2S/c11-6-9-7-3-4-10(5-7)8-1-2-8/h7-8H,1-5H2. The molecule has 1 aliphatic carbocycles. The van der Waals surface area contributed by atoms with Crippen molar-refractivity contribution in [2.24, 2.45) is 4.99 Å². The molecule has 3 heteroatoms. The lowest BCUT2D eigenvalue weighted by molar-refractivity contribution is 0.324. The first-order valence-corrected chi connectivity index (χ1v) is 4.62. The van der Waals surface area contributed by atoms with Crippen molar-refractivity contribution >= 4 is 17.4 Å². The van der Waals surface area contributed by atoms with Crippen molar-refractivity contribution in [1.82, 2.24) is 4.90 Å². The Kier molecular flexibility index (Phi) is 2.03. The Balaban J connectivity index is 1.87. The first-order valence-electron chi connectivity index (χ1n) is 4.21. The van der Waals surface area contributed by atoms with Crippen LogP contribution in [-0.4, -0.2) is 35.2 Å². The lowest BCUT2D eigenvalue weighted by atomic mass is 10.3. The van der Waals surface area contributed by atoms with Crippen LogP contribution in [0.4, 0.5) is 0 Å². The molecule has 0 aromatic heterocycles. The molecule has 1 atom stereocenters. The highest BCUT2D eigenvalue weighted by Crippen LogP contribution is 2.30. The average Bonchev–Trinajstić information content (AvgIpc) is 2.75. The minimum absolute atomic E-state index is 0.452. The van der Waals surface area contributed by atoms with Crippen molar-refractivity contribution in [3.63, 3.8) is 0 Å². The number of aliphatic imine (C=N–C) groups is 1. The summed E-state index contributed by atoms with van der Waals surface area (Å²) < 4.78 is 0. The van der Waals surface area contributed by atoms with Gasteiger partial charge in [0, 0.05) is 19.1 Å². The van der Waals surface area contributed by atoms with Gasteiger partial charge >= 0.3 is 0 Å². The Morgan fingerprint density at radius 1 is 1.36 bits per heavy atom. The van der Waals surface area contributed by atoms with E-state index in [-0.39, 0.29) is 0 Å². The molecule has 0 N–H and O–H groups in total. The molecule has 2 aliphatic rings. The maximum atomic E-state index is 4.57. The van der Waals surface area contributed by atoms with Crippen LogP contribution in [0.15, 0.2) is 4.99 Å². The monoisotopic (exact) mass is 168 g/mol. The van der Waals surface area contributed by atoms with Gasteiger partial charge in [-0.2, -0.15) is 0 Å². The van der Waals surface area contributed by atoms with Gasteiger partial charge in [-0.3, -0.25) is 4.90 Å². The third-order valence-electron chi connectivity index (χ3n) is 2.49. The highest BCUT2D eigenvalue weighted by atomic mass is 32.1. The molecule has 11 heavy (non-hydrogen) atoms. The molecule has 1 saturated carbocycles. The van der Waals surface area contributed by atoms with Crippen LogP contribution in [-0.2, 0) is 0 Å². The first kappa shape index (κ1) is 7.41. The molecule has 0 aromatic rings. The van der Waals surface area contributed by atoms with Crippen LogP contribution in [0, 0.1) is 0 Å². The van der Waals surface area contributed by atoms with Crippen LogP contribution < -0.4 is 0 Å². The van der Waals surface area contributed by atoms with Crippen LogP contribution in [0.1, 0.15) is 19.3 Å². The van der Waals surface area contributed by atoms with E-state index in [0.29, 0.717) is 6.04 Å². The number of nitrogens with zero attached hydrogens (tertiary/aromatic N) is 2. The van der Waals surface area contributed by atoms with Gasteiger partial charge in [0.2, 0.25) is 0 Å². The summed E-state index contributed by atoms with van der Waals surface area (Å²) in [6, 6.07) is 1.34. The third-order valence-corrected chi connectivity index (χ3v) is 2.60. The summed E-state index contributed by atoms with van der Waals surface area (Å²) in [5, 5.41) is 2.47. The van der Waals surface area contributed by atoms with E-state index < -0.39 is 0 Å². The van der Waals surface area contributed by atoms with Crippen molar-refractivity contribution in [1.29, 1.82) is 0 Å². The predicted molar refractivity (Wildman–Crippen MR) is 48.0 cm³/mol. The predicted octanol–water partition coefficient (Wildman–Crippen LogP) is 1.33. The van der Waals surface area contributed by atoms with Gasteiger partial charge in [0.05, 0.1) is 11.2 Å².